The van der Waals surface area contributed by atoms with E-state index in [4.69, 9.17) is 9.66 Å². The number of carboxylic acids is 1. The van der Waals surface area contributed by atoms with E-state index in [1.165, 1.54) is 13.8 Å². The molecule has 8 heteroatoms. The van der Waals surface area contributed by atoms with Crippen LogP contribution < -0.4 is 5.32 Å². The number of hydrogen-bond donors (Lipinski definition) is 3. The molecule has 0 aromatic carbocycles. The molecule has 0 heterocycles. The number of hydrogen-bond acceptors (Lipinski definition) is 4. The van der Waals surface area contributed by atoms with Gasteiger partial charge in [-0.05, 0) is 13.8 Å². The first-order valence-corrected chi connectivity index (χ1v) is 5.66. The highest BCUT2D eigenvalue weighted by atomic mass is 32.2. The third kappa shape index (κ3) is 4.89. The van der Waals surface area contributed by atoms with E-state index in [1.54, 1.807) is 0 Å². The van der Waals surface area contributed by atoms with Gasteiger partial charge in [0.05, 0.1) is 0 Å². The Morgan fingerprint density at radius 1 is 1.31 bits per heavy atom. The van der Waals surface area contributed by atoms with Crippen LogP contribution in [0.15, 0.2) is 12.2 Å². The van der Waals surface area contributed by atoms with Gasteiger partial charge in [0, 0.05) is 18.7 Å². The van der Waals surface area contributed by atoms with Gasteiger partial charge in [0.2, 0.25) is 5.91 Å². The second kappa shape index (κ2) is 5.08. The normalized spacial score (nSPS) is 12.7. The zero-order valence-electron chi connectivity index (χ0n) is 8.80. The van der Waals surface area contributed by atoms with Crippen LogP contribution >= 0.6 is 0 Å². The van der Waals surface area contributed by atoms with Gasteiger partial charge in [0.25, 0.3) is 10.1 Å². The fraction of sp³-hybridized carbons (Fsp3) is 0.500. The molecule has 0 saturated carbocycles. The molecule has 92 valence electrons. The van der Waals surface area contributed by atoms with Crippen LogP contribution in [0, 0.1) is 0 Å². The van der Waals surface area contributed by atoms with Gasteiger partial charge in [-0.15, -0.1) is 0 Å². The molecule has 1 amide bonds. The lowest BCUT2D eigenvalue weighted by molar-refractivity contribution is -0.131. The van der Waals surface area contributed by atoms with Crippen LogP contribution in [0.1, 0.15) is 13.8 Å². The van der Waals surface area contributed by atoms with Crippen LogP contribution in [-0.2, 0) is 19.7 Å². The van der Waals surface area contributed by atoms with Gasteiger partial charge in [0.15, 0.2) is 0 Å². The topological polar surface area (TPSA) is 121 Å². The summed E-state index contributed by atoms with van der Waals surface area (Å²) < 4.78 is 28.9. The number of rotatable bonds is 5. The molecule has 0 rings (SSSR count). The highest BCUT2D eigenvalue weighted by Crippen LogP contribution is 2.12. The average molecular weight is 251 g/mol. The number of carbonyl (C=O) groups is 2. The van der Waals surface area contributed by atoms with E-state index in [0.717, 1.165) is 6.08 Å². The van der Waals surface area contributed by atoms with Gasteiger partial charge in [-0.25, -0.2) is 4.79 Å². The molecule has 16 heavy (non-hydrogen) atoms. The molecule has 0 aromatic rings. The fourth-order valence-corrected chi connectivity index (χ4v) is 0.852. The molecule has 0 aromatic heterocycles. The number of carboxylic acid groups (broad SMARTS) is 1. The average Bonchev–Trinajstić information content (AvgIpc) is 2.09. The molecule has 0 saturated heterocycles. The summed E-state index contributed by atoms with van der Waals surface area (Å²) >= 11 is 0. The summed E-state index contributed by atoms with van der Waals surface area (Å²) in [5, 5.41) is 10.4. The van der Waals surface area contributed by atoms with Gasteiger partial charge in [-0.1, -0.05) is 0 Å². The van der Waals surface area contributed by atoms with Crippen molar-refractivity contribution < 1.29 is 27.7 Å². The van der Waals surface area contributed by atoms with Gasteiger partial charge >= 0.3 is 5.97 Å². The maximum atomic E-state index is 11.0. The lowest BCUT2D eigenvalue weighted by Gasteiger charge is -2.20. The first kappa shape index (κ1) is 14.6. The van der Waals surface area contributed by atoms with Crippen molar-refractivity contribution in [1.29, 1.82) is 0 Å². The zero-order chi connectivity index (χ0) is 13.0. The summed E-state index contributed by atoms with van der Waals surface area (Å²) in [5.74, 6) is -2.04. The van der Waals surface area contributed by atoms with Crippen LogP contribution in [0.5, 0.6) is 0 Å². The molecular weight excluding hydrogens is 238 g/mol. The third-order valence-electron chi connectivity index (χ3n) is 1.76. The summed E-state index contributed by atoms with van der Waals surface area (Å²) in [6, 6.07) is 0. The van der Waals surface area contributed by atoms with Gasteiger partial charge in [0.1, 0.15) is 4.75 Å². The summed E-state index contributed by atoms with van der Waals surface area (Å²) in [7, 11) is -4.28. The monoisotopic (exact) mass is 251 g/mol. The van der Waals surface area contributed by atoms with E-state index in [1.807, 2.05) is 0 Å². The molecule has 0 aliphatic carbocycles. The van der Waals surface area contributed by atoms with Crippen LogP contribution in [0.2, 0.25) is 0 Å². The second-order valence-electron chi connectivity index (χ2n) is 3.62. The predicted molar refractivity (Wildman–Crippen MR) is 55.4 cm³/mol. The molecule has 0 radical (unpaired) electrons. The molecule has 0 aliphatic heterocycles. The predicted octanol–water partition coefficient (Wildman–Crippen LogP) is -0.590. The molecule has 0 unspecified atom stereocenters. The lowest BCUT2D eigenvalue weighted by atomic mass is 10.2. The Balaban J connectivity index is 4.38. The fourth-order valence-electron chi connectivity index (χ4n) is 0.597. The van der Waals surface area contributed by atoms with Crippen molar-refractivity contribution in [2.45, 2.75) is 18.6 Å². The van der Waals surface area contributed by atoms with Crippen LogP contribution in [0.4, 0.5) is 0 Å². The third-order valence-corrected chi connectivity index (χ3v) is 3.30. The van der Waals surface area contributed by atoms with Crippen molar-refractivity contribution >= 4 is 22.0 Å². The largest absolute Gasteiger partial charge is 0.478 e. The summed E-state index contributed by atoms with van der Waals surface area (Å²) in [5.41, 5.74) is 0. The molecule has 0 atom stereocenters. The van der Waals surface area contributed by atoms with E-state index in [9.17, 15) is 18.0 Å². The summed E-state index contributed by atoms with van der Waals surface area (Å²) in [6.45, 7) is 2.13. The van der Waals surface area contributed by atoms with Crippen molar-refractivity contribution in [2.24, 2.45) is 0 Å². The lowest BCUT2D eigenvalue weighted by Crippen LogP contribution is -2.43. The van der Waals surface area contributed by atoms with Crippen molar-refractivity contribution in [3.8, 4) is 0 Å². The van der Waals surface area contributed by atoms with Crippen LogP contribution in [0.25, 0.3) is 0 Å². The Morgan fingerprint density at radius 3 is 2.19 bits per heavy atom. The van der Waals surface area contributed by atoms with E-state index < -0.39 is 26.7 Å². The summed E-state index contributed by atoms with van der Waals surface area (Å²) in [6.07, 6.45) is 1.37. The number of nitrogens with one attached hydrogen (secondary N) is 1. The van der Waals surface area contributed by atoms with E-state index in [2.05, 4.69) is 5.32 Å². The highest BCUT2D eigenvalue weighted by molar-refractivity contribution is 7.87. The van der Waals surface area contributed by atoms with Crippen molar-refractivity contribution in [1.82, 2.24) is 5.32 Å². The SMILES string of the molecule is CC(C)(CNC(=O)C=CC(=O)O)S(=O)(=O)O. The molecular formula is C8H13NO6S. The first-order valence-electron chi connectivity index (χ1n) is 4.22. The quantitative estimate of drug-likeness (QED) is 0.443. The number of carbonyl (C=O) groups excluding carboxylic acids is 1. The molecule has 3 N–H and O–H groups in total. The zero-order valence-corrected chi connectivity index (χ0v) is 9.61. The van der Waals surface area contributed by atoms with Crippen molar-refractivity contribution in [3.05, 3.63) is 12.2 Å². The molecule has 0 fully saturated rings. The van der Waals surface area contributed by atoms with E-state index in [0.29, 0.717) is 6.08 Å². The summed E-state index contributed by atoms with van der Waals surface area (Å²) in [4.78, 5) is 21.0. The van der Waals surface area contributed by atoms with Crippen molar-refractivity contribution in [2.75, 3.05) is 6.54 Å². The maximum Gasteiger partial charge on any atom is 0.328 e. The minimum Gasteiger partial charge on any atom is -0.478 e. The Labute approximate surface area is 92.9 Å². The van der Waals surface area contributed by atoms with Gasteiger partial charge in [-0.2, -0.15) is 8.42 Å². The minimum atomic E-state index is -4.28. The Kier molecular flexibility index (Phi) is 4.63. The minimum absolute atomic E-state index is 0.325. The van der Waals surface area contributed by atoms with Crippen LogP contribution in [0.3, 0.4) is 0 Å². The Bertz CT molecular complexity index is 408. The second-order valence-corrected chi connectivity index (χ2v) is 5.68. The molecule has 0 aliphatic rings. The Morgan fingerprint density at radius 2 is 1.81 bits per heavy atom. The number of amides is 1. The molecule has 0 spiro atoms. The van der Waals surface area contributed by atoms with E-state index >= 15 is 0 Å². The van der Waals surface area contributed by atoms with Crippen molar-refractivity contribution in [3.63, 3.8) is 0 Å². The van der Waals surface area contributed by atoms with Gasteiger partial charge in [-0.3, -0.25) is 9.35 Å². The van der Waals surface area contributed by atoms with Crippen LogP contribution in [-0.4, -0.2) is 41.2 Å². The molecule has 7 nitrogen and oxygen atoms in total. The standard InChI is InChI=1S/C8H13NO6S/c1-8(2,16(13,14)15)5-9-6(10)3-4-7(11)12/h3-4H,5H2,1-2H3,(H,9,10)(H,11,12)(H,13,14,15). The highest BCUT2D eigenvalue weighted by Gasteiger charge is 2.32. The van der Waals surface area contributed by atoms with E-state index in [-0.39, 0.29) is 6.54 Å². The first-order chi connectivity index (χ1) is 7.06. The van der Waals surface area contributed by atoms with Gasteiger partial charge < -0.3 is 10.4 Å². The maximum absolute atomic E-state index is 11.0. The Hall–Kier alpha value is -1.41. The smallest absolute Gasteiger partial charge is 0.328 e. The number of aliphatic carboxylic acids is 1. The molecule has 0 bridgehead atoms.